The molecule has 0 aliphatic carbocycles. The summed E-state index contributed by atoms with van der Waals surface area (Å²) in [6, 6.07) is 31.4. The van der Waals surface area contributed by atoms with Crippen LogP contribution in [0.4, 0.5) is 11.4 Å². The number of carbonyl (C=O) groups is 1. The van der Waals surface area contributed by atoms with Gasteiger partial charge in [-0.15, -0.1) is 0 Å². The van der Waals surface area contributed by atoms with E-state index in [-0.39, 0.29) is 11.3 Å². The van der Waals surface area contributed by atoms with Crippen molar-refractivity contribution in [2.24, 2.45) is 4.99 Å². The van der Waals surface area contributed by atoms with Gasteiger partial charge in [-0.2, -0.15) is 0 Å². The molecule has 4 nitrogen and oxygen atoms in total. The van der Waals surface area contributed by atoms with E-state index in [1.165, 1.54) is 5.56 Å². The van der Waals surface area contributed by atoms with E-state index in [1.807, 2.05) is 83.8 Å². The van der Waals surface area contributed by atoms with Crippen LogP contribution in [0.3, 0.4) is 0 Å². The molecule has 184 valence electrons. The van der Waals surface area contributed by atoms with Crippen LogP contribution >= 0.6 is 11.6 Å². The molecule has 6 rings (SSSR count). The number of anilines is 1. The lowest BCUT2D eigenvalue weighted by molar-refractivity contribution is -0.113. The Kier molecular flexibility index (Phi) is 5.46. The first-order valence-corrected chi connectivity index (χ1v) is 12.8. The van der Waals surface area contributed by atoms with Crippen molar-refractivity contribution in [3.63, 3.8) is 0 Å². The maximum Gasteiger partial charge on any atom is 0.278 e. The molecule has 0 fully saturated rings. The van der Waals surface area contributed by atoms with Gasteiger partial charge in [0.25, 0.3) is 5.91 Å². The molecule has 0 unspecified atom stereocenters. The molecule has 2 heterocycles. The van der Waals surface area contributed by atoms with Crippen molar-refractivity contribution >= 4 is 34.6 Å². The number of benzene rings is 4. The highest BCUT2D eigenvalue weighted by Crippen LogP contribution is 2.54. The fraction of sp³-hybridized carbons (Fsp3) is 0.188. The van der Waals surface area contributed by atoms with Crippen LogP contribution in [0.25, 0.3) is 0 Å². The van der Waals surface area contributed by atoms with Crippen LogP contribution in [0, 0.1) is 0 Å². The van der Waals surface area contributed by atoms with Gasteiger partial charge in [0.05, 0.1) is 11.4 Å². The molecule has 4 aromatic carbocycles. The molecule has 2 aliphatic heterocycles. The van der Waals surface area contributed by atoms with Gasteiger partial charge in [0.2, 0.25) is 0 Å². The third kappa shape index (κ3) is 3.93. The van der Waals surface area contributed by atoms with Crippen molar-refractivity contribution in [1.29, 1.82) is 0 Å². The van der Waals surface area contributed by atoms with Crippen LogP contribution in [0.2, 0.25) is 5.02 Å². The monoisotopic (exact) mass is 506 g/mol. The fourth-order valence-electron chi connectivity index (χ4n) is 5.89. The largest absolute Gasteiger partial charge is 0.457 e. The second-order valence-corrected chi connectivity index (χ2v) is 11.0. The lowest BCUT2D eigenvalue weighted by Crippen LogP contribution is -2.54. The van der Waals surface area contributed by atoms with E-state index in [9.17, 15) is 4.79 Å². The van der Waals surface area contributed by atoms with Gasteiger partial charge < -0.3 is 9.64 Å². The average Bonchev–Trinajstić information content (AvgIpc) is 3.17. The summed E-state index contributed by atoms with van der Waals surface area (Å²) in [5.74, 6) is 1.43. The number of para-hydroxylation sites is 2. The summed E-state index contributed by atoms with van der Waals surface area (Å²) in [6.07, 6.45) is 0.780. The molecular weight excluding hydrogens is 480 g/mol. The van der Waals surface area contributed by atoms with Crippen LogP contribution in [-0.2, 0) is 10.2 Å². The van der Waals surface area contributed by atoms with Gasteiger partial charge in [-0.3, -0.25) is 4.79 Å². The van der Waals surface area contributed by atoms with Gasteiger partial charge in [-0.1, -0.05) is 67.1 Å². The molecule has 0 bridgehead atoms. The lowest BCUT2D eigenvalue weighted by Gasteiger charge is -2.49. The fourth-order valence-corrected chi connectivity index (χ4v) is 6.01. The van der Waals surface area contributed by atoms with E-state index < -0.39 is 5.54 Å². The highest BCUT2D eigenvalue weighted by molar-refractivity contribution is 6.55. The number of hydrogen-bond donors (Lipinski definition) is 0. The van der Waals surface area contributed by atoms with Crippen molar-refractivity contribution in [1.82, 2.24) is 0 Å². The Bertz CT molecular complexity index is 1530. The molecule has 2 aliphatic rings. The molecule has 0 spiro atoms. The number of rotatable bonds is 4. The van der Waals surface area contributed by atoms with Gasteiger partial charge >= 0.3 is 0 Å². The molecule has 0 radical (unpaired) electrons. The molecule has 1 atom stereocenters. The summed E-state index contributed by atoms with van der Waals surface area (Å²) in [5, 5.41) is 0.715. The highest BCUT2D eigenvalue weighted by atomic mass is 35.5. The third-order valence-electron chi connectivity index (χ3n) is 7.44. The number of ether oxygens (including phenoxy) is 1. The second kappa shape index (κ2) is 8.60. The molecule has 37 heavy (non-hydrogen) atoms. The standard InChI is InChI=1S/C32H27ClN2O2/c1-31(2)20-32(3,21-12-14-22(33)15-13-21)27-11-7-10-26-28(30(36)35(31)29(26)27)34-23-16-18-25(19-17-23)37-24-8-5-4-6-9-24/h4-19H,20H2,1-3H3/t32-/m0/s1. The Balaban J connectivity index is 1.41. The number of halogens is 1. The second-order valence-electron chi connectivity index (χ2n) is 10.5. The van der Waals surface area contributed by atoms with E-state index in [0.29, 0.717) is 16.4 Å². The van der Waals surface area contributed by atoms with Crippen molar-refractivity contribution in [2.75, 3.05) is 4.90 Å². The summed E-state index contributed by atoms with van der Waals surface area (Å²) in [6.45, 7) is 6.53. The van der Waals surface area contributed by atoms with Gasteiger partial charge in [-0.25, -0.2) is 4.99 Å². The molecule has 0 saturated carbocycles. The first-order valence-electron chi connectivity index (χ1n) is 12.4. The minimum Gasteiger partial charge on any atom is -0.457 e. The van der Waals surface area contributed by atoms with Crippen molar-refractivity contribution in [3.05, 3.63) is 119 Å². The minimum absolute atomic E-state index is 0.0600. The highest BCUT2D eigenvalue weighted by Gasteiger charge is 2.53. The Labute approximate surface area is 222 Å². The van der Waals surface area contributed by atoms with Gasteiger partial charge in [0.1, 0.15) is 17.2 Å². The zero-order valence-corrected chi connectivity index (χ0v) is 21.8. The maximum atomic E-state index is 13.9. The Morgan fingerprint density at radius 1 is 0.811 bits per heavy atom. The Hall–Kier alpha value is -3.89. The molecule has 5 heteroatoms. The minimum atomic E-state index is -0.404. The average molecular weight is 507 g/mol. The summed E-state index contributed by atoms with van der Waals surface area (Å²) in [4.78, 5) is 20.6. The number of nitrogens with zero attached hydrogens (tertiary/aromatic N) is 2. The first kappa shape index (κ1) is 23.5. The zero-order valence-electron chi connectivity index (χ0n) is 21.0. The molecule has 1 amide bonds. The Morgan fingerprint density at radius 2 is 1.49 bits per heavy atom. The van der Waals surface area contributed by atoms with Crippen molar-refractivity contribution < 1.29 is 9.53 Å². The normalized spacial score (nSPS) is 20.7. The summed E-state index contributed by atoms with van der Waals surface area (Å²) in [5.41, 5.74) is 4.66. The predicted octanol–water partition coefficient (Wildman–Crippen LogP) is 8.09. The summed E-state index contributed by atoms with van der Waals surface area (Å²) < 4.78 is 5.91. The molecular formula is C32H27ClN2O2. The van der Waals surface area contributed by atoms with Crippen molar-refractivity contribution in [2.45, 2.75) is 38.1 Å². The van der Waals surface area contributed by atoms with Crippen LogP contribution in [0.5, 0.6) is 11.5 Å². The molecule has 0 N–H and O–H groups in total. The van der Waals surface area contributed by atoms with Gasteiger partial charge in [0, 0.05) is 21.5 Å². The van der Waals surface area contributed by atoms with Crippen molar-refractivity contribution in [3.8, 4) is 11.5 Å². The van der Waals surface area contributed by atoms with E-state index in [1.54, 1.807) is 0 Å². The van der Waals surface area contributed by atoms with Crippen LogP contribution in [0.15, 0.2) is 102 Å². The van der Waals surface area contributed by atoms with Gasteiger partial charge in [-0.05, 0) is 79.9 Å². The number of aliphatic imine (C=N–C) groups is 1. The molecule has 0 aromatic heterocycles. The SMILES string of the molecule is CC1(C)C[C@@](C)(c2ccc(Cl)cc2)c2cccc3c2N1C(=O)C3=Nc1ccc(Oc2ccccc2)cc1. The van der Waals surface area contributed by atoms with E-state index in [4.69, 9.17) is 21.3 Å². The summed E-state index contributed by atoms with van der Waals surface area (Å²) >= 11 is 6.20. The summed E-state index contributed by atoms with van der Waals surface area (Å²) in [7, 11) is 0. The van der Waals surface area contributed by atoms with E-state index in [0.717, 1.165) is 34.7 Å². The van der Waals surface area contributed by atoms with E-state index in [2.05, 4.69) is 39.0 Å². The predicted molar refractivity (Wildman–Crippen MR) is 150 cm³/mol. The van der Waals surface area contributed by atoms with Crippen LogP contribution in [0.1, 0.15) is 43.9 Å². The first-order chi connectivity index (χ1) is 17.8. The molecule has 0 saturated heterocycles. The molecule has 4 aromatic rings. The van der Waals surface area contributed by atoms with Crippen LogP contribution in [-0.4, -0.2) is 17.2 Å². The lowest BCUT2D eigenvalue weighted by atomic mass is 9.65. The maximum absolute atomic E-state index is 13.9. The van der Waals surface area contributed by atoms with Gasteiger partial charge in [0.15, 0.2) is 0 Å². The third-order valence-corrected chi connectivity index (χ3v) is 7.70. The number of hydrogen-bond acceptors (Lipinski definition) is 3. The van der Waals surface area contributed by atoms with E-state index >= 15 is 0 Å². The van der Waals surface area contributed by atoms with Crippen LogP contribution < -0.4 is 9.64 Å². The zero-order chi connectivity index (χ0) is 25.8. The Morgan fingerprint density at radius 3 is 2.19 bits per heavy atom. The number of amides is 1. The topological polar surface area (TPSA) is 41.9 Å². The quantitative estimate of drug-likeness (QED) is 0.280. The number of carbonyl (C=O) groups excluding carboxylic acids is 1. The smallest absolute Gasteiger partial charge is 0.278 e.